The molecule has 3 aromatic heterocycles. The summed E-state index contributed by atoms with van der Waals surface area (Å²) >= 11 is 2.03. The molecule has 0 radical (unpaired) electrons. The lowest BCUT2D eigenvalue weighted by molar-refractivity contribution is -0.118. The van der Waals surface area contributed by atoms with Gasteiger partial charge in [-0.25, -0.2) is 19.7 Å². The Morgan fingerprint density at radius 1 is 1.14 bits per heavy atom. The van der Waals surface area contributed by atoms with E-state index in [1.165, 1.54) is 6.07 Å². The minimum atomic E-state index is -0.447. The number of anilines is 2. The van der Waals surface area contributed by atoms with Gasteiger partial charge in [-0.3, -0.25) is 19.1 Å². The molecule has 0 bridgehead atoms. The summed E-state index contributed by atoms with van der Waals surface area (Å²) in [5.74, 6) is 0.921. The Hall–Kier alpha value is -3.33. The van der Waals surface area contributed by atoms with Crippen molar-refractivity contribution < 1.29 is 19.1 Å². The summed E-state index contributed by atoms with van der Waals surface area (Å²) in [4.78, 5) is 51.5. The number of ether oxygens (including phenoxy) is 2. The van der Waals surface area contributed by atoms with E-state index >= 15 is 0 Å². The van der Waals surface area contributed by atoms with Crippen LogP contribution in [-0.4, -0.2) is 62.9 Å². The van der Waals surface area contributed by atoms with Crippen molar-refractivity contribution in [3.63, 3.8) is 0 Å². The highest BCUT2D eigenvalue weighted by Crippen LogP contribution is 2.37. The Labute approximate surface area is 218 Å². The second-order valence-corrected chi connectivity index (χ2v) is 9.88. The van der Waals surface area contributed by atoms with E-state index in [0.29, 0.717) is 46.4 Å². The number of rotatable bonds is 5. The van der Waals surface area contributed by atoms with E-state index in [1.54, 1.807) is 33.9 Å². The van der Waals surface area contributed by atoms with Gasteiger partial charge in [0.2, 0.25) is 0 Å². The lowest BCUT2D eigenvalue weighted by atomic mass is 9.88. The first kappa shape index (κ1) is 23.1. The number of aromatic nitrogens is 4. The molecule has 0 spiro atoms. The van der Waals surface area contributed by atoms with Crippen LogP contribution in [0.25, 0.3) is 11.0 Å². The average molecular weight is 603 g/mol. The average Bonchev–Trinajstić information content (AvgIpc) is 3.19. The van der Waals surface area contributed by atoms with E-state index in [4.69, 9.17) is 9.47 Å². The predicted octanol–water partition coefficient (Wildman–Crippen LogP) is 1.66. The van der Waals surface area contributed by atoms with E-state index in [-0.39, 0.29) is 36.3 Å². The van der Waals surface area contributed by atoms with Crippen molar-refractivity contribution in [1.29, 1.82) is 0 Å². The summed E-state index contributed by atoms with van der Waals surface area (Å²) in [7, 11) is 0. The van der Waals surface area contributed by atoms with Gasteiger partial charge in [-0.05, 0) is 31.0 Å². The molecule has 2 amide bonds. The normalized spacial score (nSPS) is 23.0. The number of amides is 2. The quantitative estimate of drug-likeness (QED) is 0.329. The molecule has 1 saturated heterocycles. The second-order valence-electron chi connectivity index (χ2n) is 8.92. The molecule has 12 nitrogen and oxygen atoms in total. The SMILES string of the molecule is O=C1COc2ccc(N3C(=O)O[C@@H]4C[C@@H](NCCn5c(=O)ccc6cnc(I)nc65)CC[C@@H]43)nc2N1. The molecular formula is C23H22IN7O5. The number of halogens is 1. The van der Waals surface area contributed by atoms with Crippen molar-refractivity contribution >= 4 is 57.3 Å². The van der Waals surface area contributed by atoms with Crippen LogP contribution in [0, 0.1) is 3.83 Å². The molecule has 13 heteroatoms. The van der Waals surface area contributed by atoms with Crippen molar-refractivity contribution in [2.75, 3.05) is 23.4 Å². The zero-order valence-corrected chi connectivity index (χ0v) is 21.2. The molecule has 2 fully saturated rings. The Morgan fingerprint density at radius 2 is 2.03 bits per heavy atom. The van der Waals surface area contributed by atoms with Crippen LogP contribution in [0.15, 0.2) is 35.3 Å². The van der Waals surface area contributed by atoms with Crippen LogP contribution in [0.3, 0.4) is 0 Å². The number of hydrogen-bond acceptors (Lipinski definition) is 9. The number of fused-ring (bicyclic) bond motifs is 3. The summed E-state index contributed by atoms with van der Waals surface area (Å²) in [6.45, 7) is 0.985. The number of hydrogen-bond donors (Lipinski definition) is 2. The van der Waals surface area contributed by atoms with E-state index < -0.39 is 6.09 Å². The highest BCUT2D eigenvalue weighted by molar-refractivity contribution is 14.1. The van der Waals surface area contributed by atoms with Crippen LogP contribution < -0.4 is 25.8 Å². The largest absolute Gasteiger partial charge is 0.480 e. The van der Waals surface area contributed by atoms with E-state index in [9.17, 15) is 14.4 Å². The van der Waals surface area contributed by atoms with Crippen LogP contribution >= 0.6 is 22.6 Å². The molecule has 3 aliphatic rings. The molecule has 0 unspecified atom stereocenters. The van der Waals surface area contributed by atoms with Crippen LogP contribution in [-0.2, 0) is 16.1 Å². The van der Waals surface area contributed by atoms with Crippen molar-refractivity contribution in [2.45, 2.75) is 44.0 Å². The lowest BCUT2D eigenvalue weighted by Gasteiger charge is -2.33. The van der Waals surface area contributed by atoms with Gasteiger partial charge in [0.25, 0.3) is 11.5 Å². The van der Waals surface area contributed by atoms with Gasteiger partial charge in [-0.2, -0.15) is 0 Å². The molecule has 1 saturated carbocycles. The summed E-state index contributed by atoms with van der Waals surface area (Å²) in [6.07, 6.45) is 3.22. The van der Waals surface area contributed by atoms with Gasteiger partial charge in [0.15, 0.2) is 22.0 Å². The summed E-state index contributed by atoms with van der Waals surface area (Å²) in [5.41, 5.74) is 0.508. The second kappa shape index (κ2) is 9.28. The number of carbonyl (C=O) groups is 2. The minimum Gasteiger partial charge on any atom is -0.480 e. The van der Waals surface area contributed by atoms with Crippen LogP contribution in [0.4, 0.5) is 16.4 Å². The molecule has 3 aromatic rings. The smallest absolute Gasteiger partial charge is 0.416 e. The first-order valence-electron chi connectivity index (χ1n) is 11.7. The van der Waals surface area contributed by atoms with Crippen molar-refractivity contribution in [2.24, 2.45) is 0 Å². The van der Waals surface area contributed by atoms with Gasteiger partial charge in [-0.15, -0.1) is 0 Å². The zero-order chi connectivity index (χ0) is 24.8. The maximum Gasteiger partial charge on any atom is 0.416 e. The Bertz CT molecular complexity index is 1430. The molecule has 0 aromatic carbocycles. The van der Waals surface area contributed by atoms with Crippen LogP contribution in [0.2, 0.25) is 0 Å². The fourth-order valence-electron chi connectivity index (χ4n) is 5.04. The Balaban J connectivity index is 1.11. The molecule has 186 valence electrons. The minimum absolute atomic E-state index is 0.0545. The van der Waals surface area contributed by atoms with E-state index in [2.05, 4.69) is 25.6 Å². The first-order valence-corrected chi connectivity index (χ1v) is 12.7. The van der Waals surface area contributed by atoms with Crippen molar-refractivity contribution in [3.8, 4) is 5.75 Å². The van der Waals surface area contributed by atoms with Gasteiger partial charge in [0.05, 0.1) is 6.04 Å². The van der Waals surface area contributed by atoms with E-state index in [0.717, 1.165) is 18.2 Å². The molecule has 3 atom stereocenters. The third-order valence-corrected chi connectivity index (χ3v) is 7.23. The zero-order valence-electron chi connectivity index (χ0n) is 19.0. The van der Waals surface area contributed by atoms with E-state index in [1.807, 2.05) is 22.6 Å². The van der Waals surface area contributed by atoms with Gasteiger partial charge in [0, 0.05) is 65.8 Å². The Morgan fingerprint density at radius 3 is 2.92 bits per heavy atom. The summed E-state index contributed by atoms with van der Waals surface area (Å²) < 4.78 is 13.3. The maximum absolute atomic E-state index is 12.7. The number of nitrogens with zero attached hydrogens (tertiary/aromatic N) is 5. The third-order valence-electron chi connectivity index (χ3n) is 6.71. The monoisotopic (exact) mass is 603 g/mol. The summed E-state index contributed by atoms with van der Waals surface area (Å²) in [6, 6.07) is 6.67. The van der Waals surface area contributed by atoms with Crippen molar-refractivity contribution in [3.05, 3.63) is 44.6 Å². The van der Waals surface area contributed by atoms with Crippen LogP contribution in [0.5, 0.6) is 5.75 Å². The fraction of sp³-hybridized carbons (Fsp3) is 0.391. The van der Waals surface area contributed by atoms with Gasteiger partial charge >= 0.3 is 6.09 Å². The maximum atomic E-state index is 12.7. The number of carbonyl (C=O) groups excluding carboxylic acids is 2. The number of nitrogens with one attached hydrogen (secondary N) is 2. The van der Waals surface area contributed by atoms with Gasteiger partial charge < -0.3 is 20.1 Å². The Kier molecular flexibility index (Phi) is 5.95. The number of pyridine rings is 2. The predicted molar refractivity (Wildman–Crippen MR) is 137 cm³/mol. The molecular weight excluding hydrogens is 581 g/mol. The van der Waals surface area contributed by atoms with Crippen LogP contribution in [0.1, 0.15) is 19.3 Å². The van der Waals surface area contributed by atoms with Gasteiger partial charge in [-0.1, -0.05) is 0 Å². The molecule has 2 N–H and O–H groups in total. The fourth-order valence-corrected chi connectivity index (χ4v) is 5.41. The van der Waals surface area contributed by atoms with Crippen molar-refractivity contribution in [1.82, 2.24) is 24.8 Å². The third kappa shape index (κ3) is 4.25. The highest BCUT2D eigenvalue weighted by Gasteiger charge is 2.46. The lowest BCUT2D eigenvalue weighted by Crippen LogP contribution is -2.46. The molecule has 36 heavy (non-hydrogen) atoms. The summed E-state index contributed by atoms with van der Waals surface area (Å²) in [5, 5.41) is 7.00. The van der Waals surface area contributed by atoms with Gasteiger partial charge in [0.1, 0.15) is 17.6 Å². The first-order chi connectivity index (χ1) is 17.5. The molecule has 6 rings (SSSR count). The molecule has 1 aliphatic carbocycles. The highest BCUT2D eigenvalue weighted by atomic mass is 127. The topological polar surface area (TPSA) is 141 Å². The molecule has 5 heterocycles. The molecule has 2 aliphatic heterocycles. The standard InChI is InChI=1S/C23H22IN7O5/c24-22-26-10-12-1-6-19(33)30(21(12)29-22)8-7-25-13-2-3-14-16(9-13)36-23(34)31(14)17-5-4-15-20(27-17)28-18(32)11-35-15/h1,4-6,10,13-14,16,25H,2-3,7-9,11H2,(H,27,28,32)/t13-,14-,16+/m0/s1.